The average molecular weight is 301 g/mol. The van der Waals surface area contributed by atoms with Gasteiger partial charge in [-0.05, 0) is 24.8 Å². The lowest BCUT2D eigenvalue weighted by Gasteiger charge is -2.27. The number of ether oxygens (including phenoxy) is 1. The Balaban J connectivity index is 1.91. The van der Waals surface area contributed by atoms with E-state index in [2.05, 4.69) is 10.3 Å². The van der Waals surface area contributed by atoms with Gasteiger partial charge in [0.25, 0.3) is 5.91 Å². The van der Waals surface area contributed by atoms with Crippen LogP contribution in [-0.4, -0.2) is 41.7 Å². The highest BCUT2D eigenvalue weighted by atomic mass is 35.5. The number of nitrogens with one attached hydrogen (secondary N) is 2. The summed E-state index contributed by atoms with van der Waals surface area (Å²) in [6.45, 7) is 1.26. The quantitative estimate of drug-likeness (QED) is 0.769. The summed E-state index contributed by atoms with van der Waals surface area (Å²) in [5.41, 5.74) is 0.325. The summed E-state index contributed by atoms with van der Waals surface area (Å²) in [7, 11) is 0. The predicted octanol–water partition coefficient (Wildman–Crippen LogP) is 1.53. The van der Waals surface area contributed by atoms with E-state index in [1.165, 1.54) is 12.3 Å². The first-order valence-corrected chi connectivity index (χ1v) is 6.88. The molecule has 20 heavy (non-hydrogen) atoms. The van der Waals surface area contributed by atoms with Gasteiger partial charge in [-0.1, -0.05) is 11.6 Å². The van der Waals surface area contributed by atoms with E-state index in [0.717, 1.165) is 0 Å². The number of aromatic amines is 1. The second-order valence-corrected chi connectivity index (χ2v) is 5.27. The lowest BCUT2D eigenvalue weighted by Crippen LogP contribution is -2.39. The smallest absolute Gasteiger partial charge is 0.308 e. The van der Waals surface area contributed by atoms with Gasteiger partial charge in [-0.2, -0.15) is 0 Å². The second kappa shape index (κ2) is 6.76. The number of carboxylic acids is 1. The third-order valence-corrected chi connectivity index (χ3v) is 3.75. The van der Waals surface area contributed by atoms with Crippen LogP contribution in [0.4, 0.5) is 0 Å². The molecule has 0 spiro atoms. The highest BCUT2D eigenvalue weighted by Gasteiger charge is 2.30. The van der Waals surface area contributed by atoms with Crippen LogP contribution in [0.3, 0.4) is 0 Å². The number of carbonyl (C=O) groups is 2. The van der Waals surface area contributed by atoms with Crippen LogP contribution in [0.1, 0.15) is 23.3 Å². The van der Waals surface area contributed by atoms with Gasteiger partial charge >= 0.3 is 5.97 Å². The first-order valence-electron chi connectivity index (χ1n) is 6.50. The zero-order valence-electron chi connectivity index (χ0n) is 10.9. The zero-order valence-corrected chi connectivity index (χ0v) is 11.7. The Labute approximate surface area is 121 Å². The van der Waals surface area contributed by atoms with Crippen LogP contribution in [-0.2, 0) is 9.53 Å². The largest absolute Gasteiger partial charge is 0.481 e. The van der Waals surface area contributed by atoms with E-state index < -0.39 is 11.9 Å². The number of aromatic nitrogens is 1. The topological polar surface area (TPSA) is 91.4 Å². The molecule has 0 aliphatic carbocycles. The Morgan fingerprint density at radius 1 is 1.50 bits per heavy atom. The SMILES string of the molecule is O=C(NCC(C(=O)O)C1CCOCC1)c1cc(Cl)c[nH]1. The van der Waals surface area contributed by atoms with Crippen LogP contribution in [0.25, 0.3) is 0 Å². The minimum absolute atomic E-state index is 0.0359. The minimum Gasteiger partial charge on any atom is -0.481 e. The summed E-state index contributed by atoms with van der Waals surface area (Å²) < 4.78 is 5.23. The lowest BCUT2D eigenvalue weighted by molar-refractivity contribution is -0.144. The van der Waals surface area contributed by atoms with Crippen LogP contribution in [0.15, 0.2) is 12.3 Å². The molecule has 1 atom stereocenters. The van der Waals surface area contributed by atoms with E-state index in [0.29, 0.717) is 36.8 Å². The summed E-state index contributed by atoms with van der Waals surface area (Å²) in [6, 6.07) is 1.50. The van der Waals surface area contributed by atoms with Gasteiger partial charge in [-0.3, -0.25) is 9.59 Å². The van der Waals surface area contributed by atoms with Gasteiger partial charge in [0.2, 0.25) is 0 Å². The first-order chi connectivity index (χ1) is 9.58. The molecule has 6 nitrogen and oxygen atoms in total. The molecule has 0 aromatic carbocycles. The van der Waals surface area contributed by atoms with Crippen molar-refractivity contribution in [2.75, 3.05) is 19.8 Å². The fourth-order valence-corrected chi connectivity index (χ4v) is 2.53. The number of aliphatic carboxylic acids is 1. The monoisotopic (exact) mass is 300 g/mol. The molecule has 1 fully saturated rings. The Hall–Kier alpha value is -1.53. The van der Waals surface area contributed by atoms with Crippen molar-refractivity contribution in [1.29, 1.82) is 0 Å². The molecule has 7 heteroatoms. The third-order valence-electron chi connectivity index (χ3n) is 3.53. The van der Waals surface area contributed by atoms with E-state index in [9.17, 15) is 14.7 Å². The van der Waals surface area contributed by atoms with Crippen molar-refractivity contribution in [3.63, 3.8) is 0 Å². The summed E-state index contributed by atoms with van der Waals surface area (Å²) in [4.78, 5) is 25.9. The molecule has 1 aliphatic heterocycles. The molecular formula is C13H17ClN2O4. The minimum atomic E-state index is -0.887. The highest BCUT2D eigenvalue weighted by Crippen LogP contribution is 2.23. The molecule has 1 aromatic rings. The lowest BCUT2D eigenvalue weighted by atomic mass is 9.86. The Morgan fingerprint density at radius 3 is 2.75 bits per heavy atom. The fourth-order valence-electron chi connectivity index (χ4n) is 2.37. The number of amides is 1. The normalized spacial score (nSPS) is 17.6. The number of H-pyrrole nitrogens is 1. The molecule has 1 unspecified atom stereocenters. The molecule has 2 rings (SSSR count). The molecule has 1 aromatic heterocycles. The van der Waals surface area contributed by atoms with Crippen molar-refractivity contribution in [2.45, 2.75) is 12.8 Å². The van der Waals surface area contributed by atoms with Gasteiger partial charge in [0.05, 0.1) is 10.9 Å². The number of hydrogen-bond donors (Lipinski definition) is 3. The molecule has 1 saturated heterocycles. The van der Waals surface area contributed by atoms with Crippen LogP contribution < -0.4 is 5.32 Å². The maximum absolute atomic E-state index is 11.8. The highest BCUT2D eigenvalue weighted by molar-refractivity contribution is 6.30. The predicted molar refractivity (Wildman–Crippen MR) is 72.8 cm³/mol. The number of carbonyl (C=O) groups excluding carboxylic acids is 1. The maximum Gasteiger partial charge on any atom is 0.308 e. The van der Waals surface area contributed by atoms with Gasteiger partial charge in [0.1, 0.15) is 5.69 Å². The zero-order chi connectivity index (χ0) is 14.5. The van der Waals surface area contributed by atoms with Crippen molar-refractivity contribution in [3.05, 3.63) is 23.0 Å². The molecule has 110 valence electrons. The van der Waals surface area contributed by atoms with Gasteiger partial charge in [-0.25, -0.2) is 0 Å². The Bertz CT molecular complexity index is 482. The van der Waals surface area contributed by atoms with E-state index in [4.69, 9.17) is 16.3 Å². The molecule has 0 radical (unpaired) electrons. The maximum atomic E-state index is 11.8. The van der Waals surface area contributed by atoms with Gasteiger partial charge in [0.15, 0.2) is 0 Å². The number of halogens is 1. The summed E-state index contributed by atoms with van der Waals surface area (Å²) in [5, 5.41) is 12.4. The van der Waals surface area contributed by atoms with E-state index in [1.807, 2.05) is 0 Å². The molecule has 1 amide bonds. The molecular weight excluding hydrogens is 284 g/mol. The molecule has 1 aliphatic rings. The molecule has 3 N–H and O–H groups in total. The number of rotatable bonds is 5. The van der Waals surface area contributed by atoms with E-state index >= 15 is 0 Å². The summed E-state index contributed by atoms with van der Waals surface area (Å²) >= 11 is 5.72. The Kier molecular flexibility index (Phi) is 5.03. The summed E-state index contributed by atoms with van der Waals surface area (Å²) in [6.07, 6.45) is 2.92. The van der Waals surface area contributed by atoms with Crippen molar-refractivity contribution in [2.24, 2.45) is 11.8 Å². The van der Waals surface area contributed by atoms with Crippen LogP contribution in [0, 0.1) is 11.8 Å². The van der Waals surface area contributed by atoms with Crippen LogP contribution in [0.2, 0.25) is 5.02 Å². The van der Waals surface area contributed by atoms with E-state index in [-0.39, 0.29) is 18.4 Å². The standard InChI is InChI=1S/C13H17ClN2O4/c14-9-5-11(15-6-9)12(17)16-7-10(13(18)19)8-1-3-20-4-2-8/h5-6,8,10,15H,1-4,7H2,(H,16,17)(H,18,19). The van der Waals surface area contributed by atoms with Crippen molar-refractivity contribution >= 4 is 23.5 Å². The molecule has 0 bridgehead atoms. The average Bonchev–Trinajstić information content (AvgIpc) is 2.86. The second-order valence-electron chi connectivity index (χ2n) is 4.84. The Morgan fingerprint density at radius 2 is 2.20 bits per heavy atom. The molecule has 2 heterocycles. The van der Waals surface area contributed by atoms with Crippen molar-refractivity contribution < 1.29 is 19.4 Å². The van der Waals surface area contributed by atoms with Crippen LogP contribution >= 0.6 is 11.6 Å². The van der Waals surface area contributed by atoms with Gasteiger partial charge in [-0.15, -0.1) is 0 Å². The fraction of sp³-hybridized carbons (Fsp3) is 0.538. The summed E-state index contributed by atoms with van der Waals surface area (Å²) in [5.74, 6) is -1.79. The van der Waals surface area contributed by atoms with Gasteiger partial charge in [0, 0.05) is 26.0 Å². The number of hydrogen-bond acceptors (Lipinski definition) is 3. The molecule has 0 saturated carbocycles. The number of carboxylic acid groups (broad SMARTS) is 1. The first kappa shape index (κ1) is 14.9. The van der Waals surface area contributed by atoms with Gasteiger partial charge < -0.3 is 20.1 Å². The van der Waals surface area contributed by atoms with Crippen LogP contribution in [0.5, 0.6) is 0 Å². The van der Waals surface area contributed by atoms with E-state index in [1.54, 1.807) is 0 Å². The van der Waals surface area contributed by atoms with Crippen molar-refractivity contribution in [3.8, 4) is 0 Å². The van der Waals surface area contributed by atoms with Crippen molar-refractivity contribution in [1.82, 2.24) is 10.3 Å². The third kappa shape index (κ3) is 3.74.